The van der Waals surface area contributed by atoms with Crippen molar-refractivity contribution in [3.05, 3.63) is 35.4 Å². The van der Waals surface area contributed by atoms with Crippen LogP contribution >= 0.6 is 0 Å². The van der Waals surface area contributed by atoms with Crippen LogP contribution in [0, 0.1) is 11.6 Å². The molecule has 1 aromatic rings. The highest BCUT2D eigenvalue weighted by Gasteiger charge is 2.16. The van der Waals surface area contributed by atoms with Crippen LogP contribution in [0.4, 0.5) is 8.78 Å². The maximum atomic E-state index is 13.0. The number of ether oxygens (including phenoxy) is 1. The number of rotatable bonds is 5. The second-order valence-corrected chi connectivity index (χ2v) is 5.20. The van der Waals surface area contributed by atoms with Crippen LogP contribution in [0.2, 0.25) is 0 Å². The Morgan fingerprint density at radius 2 is 1.95 bits per heavy atom. The van der Waals surface area contributed by atoms with Crippen molar-refractivity contribution in [3.63, 3.8) is 0 Å². The van der Waals surface area contributed by atoms with E-state index in [1.807, 2.05) is 0 Å². The van der Waals surface area contributed by atoms with Crippen LogP contribution in [-0.2, 0) is 11.2 Å². The number of aliphatic hydroxyl groups is 1. The van der Waals surface area contributed by atoms with E-state index in [-0.39, 0.29) is 12.5 Å². The van der Waals surface area contributed by atoms with Gasteiger partial charge in [-0.25, -0.2) is 8.78 Å². The van der Waals surface area contributed by atoms with Crippen molar-refractivity contribution in [3.8, 4) is 0 Å². The van der Waals surface area contributed by atoms with E-state index in [9.17, 15) is 13.9 Å². The van der Waals surface area contributed by atoms with Crippen LogP contribution < -0.4 is 0 Å². The zero-order valence-corrected chi connectivity index (χ0v) is 10.9. The first-order valence-corrected chi connectivity index (χ1v) is 6.88. The van der Waals surface area contributed by atoms with Crippen LogP contribution in [0.1, 0.15) is 37.7 Å². The Morgan fingerprint density at radius 1 is 1.21 bits per heavy atom. The van der Waals surface area contributed by atoms with Gasteiger partial charge in [-0.3, -0.25) is 0 Å². The van der Waals surface area contributed by atoms with Crippen molar-refractivity contribution >= 4 is 0 Å². The Morgan fingerprint density at radius 3 is 2.58 bits per heavy atom. The van der Waals surface area contributed by atoms with Gasteiger partial charge in [-0.05, 0) is 56.2 Å². The van der Waals surface area contributed by atoms with Crippen LogP contribution in [0.5, 0.6) is 0 Å². The molecule has 0 bridgehead atoms. The second kappa shape index (κ2) is 6.96. The molecule has 1 aliphatic heterocycles. The number of halogens is 2. The Bertz CT molecular complexity index is 383. The first-order valence-electron chi connectivity index (χ1n) is 6.88. The van der Waals surface area contributed by atoms with E-state index in [4.69, 9.17) is 4.74 Å². The third-order valence-corrected chi connectivity index (χ3v) is 3.49. The number of hydrogen-bond donors (Lipinski definition) is 1. The van der Waals surface area contributed by atoms with Crippen molar-refractivity contribution in [2.75, 3.05) is 6.61 Å². The maximum Gasteiger partial charge on any atom is 0.126 e. The molecule has 2 atom stereocenters. The molecule has 2 unspecified atom stereocenters. The monoisotopic (exact) mass is 270 g/mol. The lowest BCUT2D eigenvalue weighted by Crippen LogP contribution is -2.21. The molecule has 19 heavy (non-hydrogen) atoms. The van der Waals surface area contributed by atoms with E-state index < -0.39 is 17.7 Å². The first-order chi connectivity index (χ1) is 9.13. The van der Waals surface area contributed by atoms with Gasteiger partial charge >= 0.3 is 0 Å². The van der Waals surface area contributed by atoms with E-state index in [1.165, 1.54) is 18.6 Å². The average Bonchev–Trinajstić information content (AvgIpc) is 2.36. The minimum Gasteiger partial charge on any atom is -0.393 e. The highest BCUT2D eigenvalue weighted by Crippen LogP contribution is 2.19. The molecule has 1 fully saturated rings. The van der Waals surface area contributed by atoms with Gasteiger partial charge in [-0.1, -0.05) is 0 Å². The number of benzene rings is 1. The predicted molar refractivity (Wildman–Crippen MR) is 68.9 cm³/mol. The average molecular weight is 270 g/mol. The van der Waals surface area contributed by atoms with Gasteiger partial charge in [0.05, 0.1) is 12.2 Å². The van der Waals surface area contributed by atoms with Crippen molar-refractivity contribution in [1.29, 1.82) is 0 Å². The Kier molecular flexibility index (Phi) is 5.28. The lowest BCUT2D eigenvalue weighted by Gasteiger charge is -2.23. The summed E-state index contributed by atoms with van der Waals surface area (Å²) in [5.74, 6) is -1.20. The van der Waals surface area contributed by atoms with Gasteiger partial charge in [0.1, 0.15) is 11.6 Å². The topological polar surface area (TPSA) is 29.5 Å². The zero-order chi connectivity index (χ0) is 13.7. The highest BCUT2D eigenvalue weighted by atomic mass is 19.1. The van der Waals surface area contributed by atoms with Crippen LogP contribution in [0.3, 0.4) is 0 Å². The summed E-state index contributed by atoms with van der Waals surface area (Å²) in [6.07, 6.45) is 4.67. The third-order valence-electron chi connectivity index (χ3n) is 3.49. The molecule has 106 valence electrons. The molecule has 1 aromatic carbocycles. The lowest BCUT2D eigenvalue weighted by molar-refractivity contribution is 0.00233. The van der Waals surface area contributed by atoms with Gasteiger partial charge in [0.2, 0.25) is 0 Å². The minimum absolute atomic E-state index is 0.229. The van der Waals surface area contributed by atoms with E-state index in [0.717, 1.165) is 31.9 Å². The highest BCUT2D eigenvalue weighted by molar-refractivity contribution is 5.18. The second-order valence-electron chi connectivity index (χ2n) is 5.20. The summed E-state index contributed by atoms with van der Waals surface area (Å²) in [5, 5.41) is 9.91. The molecule has 0 spiro atoms. The fourth-order valence-electron chi connectivity index (χ4n) is 2.52. The lowest BCUT2D eigenvalue weighted by atomic mass is 9.99. The molecule has 1 saturated heterocycles. The molecule has 2 rings (SSSR count). The minimum atomic E-state index is -0.599. The van der Waals surface area contributed by atoms with Gasteiger partial charge in [-0.15, -0.1) is 0 Å². The summed E-state index contributed by atoms with van der Waals surface area (Å²) < 4.78 is 31.6. The van der Waals surface area contributed by atoms with E-state index in [2.05, 4.69) is 0 Å². The Labute approximate surface area is 112 Å². The summed E-state index contributed by atoms with van der Waals surface area (Å²) in [6.45, 7) is 0.801. The van der Waals surface area contributed by atoms with E-state index in [1.54, 1.807) is 0 Å². The number of hydrogen-bond acceptors (Lipinski definition) is 2. The third kappa shape index (κ3) is 4.88. The van der Waals surface area contributed by atoms with Crippen molar-refractivity contribution < 1.29 is 18.6 Å². The molecule has 4 heteroatoms. The summed E-state index contributed by atoms with van der Waals surface area (Å²) >= 11 is 0. The van der Waals surface area contributed by atoms with Crippen molar-refractivity contribution in [2.45, 2.75) is 50.7 Å². The van der Waals surface area contributed by atoms with Crippen LogP contribution in [0.25, 0.3) is 0 Å². The van der Waals surface area contributed by atoms with Gasteiger partial charge in [0, 0.05) is 12.7 Å². The molecule has 0 aromatic heterocycles. The molecule has 0 amide bonds. The van der Waals surface area contributed by atoms with E-state index >= 15 is 0 Å². The molecule has 2 nitrogen and oxygen atoms in total. The van der Waals surface area contributed by atoms with Gasteiger partial charge in [0.15, 0.2) is 0 Å². The van der Waals surface area contributed by atoms with Gasteiger partial charge < -0.3 is 9.84 Å². The Hall–Kier alpha value is -1.00. The fourth-order valence-corrected chi connectivity index (χ4v) is 2.52. The molecule has 0 saturated carbocycles. The molecule has 1 heterocycles. The van der Waals surface area contributed by atoms with Gasteiger partial charge in [0.25, 0.3) is 0 Å². The van der Waals surface area contributed by atoms with E-state index in [0.29, 0.717) is 12.0 Å². The molecule has 1 N–H and O–H groups in total. The summed E-state index contributed by atoms with van der Waals surface area (Å²) in [5.41, 5.74) is 0.495. The molecule has 1 aliphatic rings. The van der Waals surface area contributed by atoms with Crippen molar-refractivity contribution in [1.82, 2.24) is 0 Å². The summed E-state index contributed by atoms with van der Waals surface area (Å²) in [4.78, 5) is 0. The fraction of sp³-hybridized carbons (Fsp3) is 0.600. The molecule has 0 aliphatic carbocycles. The van der Waals surface area contributed by atoms with Crippen LogP contribution in [0.15, 0.2) is 18.2 Å². The standard InChI is InChI=1S/C15H20F2O2/c16-12-7-11(8-13(17)10-12)9-14(18)4-5-15-3-1-2-6-19-15/h7-8,10,14-15,18H,1-6,9H2. The normalized spacial score (nSPS) is 21.3. The predicted octanol–water partition coefficient (Wildman–Crippen LogP) is 3.22. The smallest absolute Gasteiger partial charge is 0.126 e. The largest absolute Gasteiger partial charge is 0.393 e. The Balaban J connectivity index is 1.78. The first kappa shape index (κ1) is 14.4. The number of aliphatic hydroxyl groups excluding tert-OH is 1. The van der Waals surface area contributed by atoms with Gasteiger partial charge in [-0.2, -0.15) is 0 Å². The summed E-state index contributed by atoms with van der Waals surface area (Å²) in [6, 6.07) is 3.37. The molecular weight excluding hydrogens is 250 g/mol. The van der Waals surface area contributed by atoms with Crippen molar-refractivity contribution in [2.24, 2.45) is 0 Å². The quantitative estimate of drug-likeness (QED) is 0.890. The maximum absolute atomic E-state index is 13.0. The molecule has 0 radical (unpaired) electrons. The SMILES string of the molecule is OC(CCC1CCCCO1)Cc1cc(F)cc(F)c1. The summed E-state index contributed by atoms with van der Waals surface area (Å²) in [7, 11) is 0. The zero-order valence-electron chi connectivity index (χ0n) is 10.9. The molecular formula is C15H20F2O2. The van der Waals surface area contributed by atoms with Crippen LogP contribution in [-0.4, -0.2) is 23.9 Å².